The molecule has 1 heterocycles. The Morgan fingerprint density at radius 2 is 1.60 bits per heavy atom. The minimum atomic E-state index is -3.59. The van der Waals surface area contributed by atoms with Crippen molar-refractivity contribution in [3.63, 3.8) is 0 Å². The van der Waals surface area contributed by atoms with Gasteiger partial charge in [-0.1, -0.05) is 56.0 Å². The van der Waals surface area contributed by atoms with E-state index in [-0.39, 0.29) is 21.7 Å². The lowest BCUT2D eigenvalue weighted by atomic mass is 10.1. The lowest BCUT2D eigenvalue weighted by Gasteiger charge is -2.18. The molecule has 3 aromatic rings. The van der Waals surface area contributed by atoms with E-state index < -0.39 is 15.9 Å². The second-order valence-corrected chi connectivity index (χ2v) is 11.5. The highest BCUT2D eigenvalue weighted by molar-refractivity contribution is 8.01. The number of aryl methyl sites for hydroxylation is 1. The van der Waals surface area contributed by atoms with Crippen LogP contribution in [-0.4, -0.2) is 53.6 Å². The number of rotatable bonds is 11. The van der Waals surface area contributed by atoms with Crippen LogP contribution in [0.4, 0.5) is 10.8 Å². The van der Waals surface area contributed by atoms with Crippen LogP contribution in [0.3, 0.4) is 0 Å². The molecule has 3 rings (SSSR count). The normalized spacial score (nSPS) is 11.4. The number of carbonyl (C=O) groups is 2. The number of hydrogen-bond acceptors (Lipinski definition) is 8. The van der Waals surface area contributed by atoms with Gasteiger partial charge in [0.05, 0.1) is 10.6 Å². The van der Waals surface area contributed by atoms with Crippen molar-refractivity contribution in [3.8, 4) is 0 Å². The van der Waals surface area contributed by atoms with Gasteiger partial charge in [0.25, 0.3) is 5.91 Å². The molecule has 9 nitrogen and oxygen atoms in total. The highest BCUT2D eigenvalue weighted by Crippen LogP contribution is 2.26. The van der Waals surface area contributed by atoms with Crippen molar-refractivity contribution >= 4 is 55.8 Å². The van der Waals surface area contributed by atoms with Gasteiger partial charge in [0, 0.05) is 24.3 Å². The van der Waals surface area contributed by atoms with Gasteiger partial charge in [-0.2, -0.15) is 4.31 Å². The molecule has 2 amide bonds. The molecule has 0 aliphatic carbocycles. The Bertz CT molecular complexity index is 1260. The molecule has 35 heavy (non-hydrogen) atoms. The number of anilines is 2. The largest absolute Gasteiger partial charge is 0.325 e. The van der Waals surface area contributed by atoms with Gasteiger partial charge in [-0.15, -0.1) is 10.2 Å². The quantitative estimate of drug-likeness (QED) is 0.281. The molecule has 0 saturated carbocycles. The highest BCUT2D eigenvalue weighted by Gasteiger charge is 2.22. The van der Waals surface area contributed by atoms with E-state index in [1.165, 1.54) is 45.9 Å². The average molecular weight is 534 g/mol. The second-order valence-electron chi connectivity index (χ2n) is 7.33. The van der Waals surface area contributed by atoms with E-state index in [0.717, 1.165) is 23.4 Å². The molecular formula is C23H27N5O4S3. The van der Waals surface area contributed by atoms with Crippen LogP contribution in [0.25, 0.3) is 0 Å². The lowest BCUT2D eigenvalue weighted by molar-refractivity contribution is -0.113. The summed E-state index contributed by atoms with van der Waals surface area (Å²) >= 11 is 2.37. The van der Waals surface area contributed by atoms with Crippen LogP contribution in [0.5, 0.6) is 0 Å². The Labute approximate surface area is 213 Å². The van der Waals surface area contributed by atoms with E-state index in [1.807, 2.05) is 24.3 Å². The molecule has 0 spiro atoms. The molecule has 0 radical (unpaired) electrons. The zero-order valence-electron chi connectivity index (χ0n) is 19.6. The van der Waals surface area contributed by atoms with Gasteiger partial charge in [-0.05, 0) is 48.4 Å². The number of aromatic nitrogens is 2. The molecule has 0 aliphatic rings. The van der Waals surface area contributed by atoms with Crippen molar-refractivity contribution in [1.82, 2.24) is 14.5 Å². The SMILES string of the molecule is CCc1ccc(NC(=O)CSc2nnc(NC(=O)c3ccc(S(=O)(=O)N(CC)CC)cc3)s2)cc1. The van der Waals surface area contributed by atoms with Crippen molar-refractivity contribution in [1.29, 1.82) is 0 Å². The summed E-state index contributed by atoms with van der Waals surface area (Å²) in [5, 5.41) is 13.7. The molecule has 12 heteroatoms. The van der Waals surface area contributed by atoms with Crippen molar-refractivity contribution < 1.29 is 18.0 Å². The molecule has 2 N–H and O–H groups in total. The van der Waals surface area contributed by atoms with Crippen LogP contribution < -0.4 is 10.6 Å². The summed E-state index contributed by atoms with van der Waals surface area (Å²) < 4.78 is 27.1. The van der Waals surface area contributed by atoms with Crippen molar-refractivity contribution in [3.05, 3.63) is 59.7 Å². The first kappa shape index (κ1) is 26.8. The maximum Gasteiger partial charge on any atom is 0.257 e. The van der Waals surface area contributed by atoms with Gasteiger partial charge in [-0.25, -0.2) is 8.42 Å². The first-order valence-electron chi connectivity index (χ1n) is 11.0. The van der Waals surface area contributed by atoms with E-state index in [4.69, 9.17) is 0 Å². The van der Waals surface area contributed by atoms with Gasteiger partial charge in [-0.3, -0.25) is 14.9 Å². The number of sulfonamides is 1. The van der Waals surface area contributed by atoms with Crippen LogP contribution in [0, 0.1) is 0 Å². The molecule has 2 aromatic carbocycles. The summed E-state index contributed by atoms with van der Waals surface area (Å²) in [6, 6.07) is 13.4. The first-order chi connectivity index (χ1) is 16.8. The summed E-state index contributed by atoms with van der Waals surface area (Å²) in [4.78, 5) is 24.9. The van der Waals surface area contributed by atoms with Crippen molar-refractivity contribution in [2.24, 2.45) is 0 Å². The van der Waals surface area contributed by atoms with Gasteiger partial charge >= 0.3 is 0 Å². The van der Waals surface area contributed by atoms with E-state index in [1.54, 1.807) is 13.8 Å². The number of thioether (sulfide) groups is 1. The molecule has 186 valence electrons. The number of nitrogens with zero attached hydrogens (tertiary/aromatic N) is 3. The number of benzene rings is 2. The Morgan fingerprint density at radius 3 is 2.20 bits per heavy atom. The average Bonchev–Trinajstić information content (AvgIpc) is 3.31. The minimum absolute atomic E-state index is 0.131. The predicted octanol–water partition coefficient (Wildman–Crippen LogP) is 4.11. The Kier molecular flexibility index (Phi) is 9.38. The van der Waals surface area contributed by atoms with Gasteiger partial charge in [0.15, 0.2) is 4.34 Å². The second kappa shape index (κ2) is 12.2. The van der Waals surface area contributed by atoms with E-state index in [9.17, 15) is 18.0 Å². The molecule has 0 atom stereocenters. The third-order valence-corrected chi connectivity index (χ3v) is 9.10. The zero-order valence-corrected chi connectivity index (χ0v) is 22.1. The summed E-state index contributed by atoms with van der Waals surface area (Å²) in [5.74, 6) is -0.446. The molecule has 0 bridgehead atoms. The van der Waals surface area contributed by atoms with Crippen LogP contribution in [0.1, 0.15) is 36.7 Å². The maximum atomic E-state index is 12.6. The summed E-state index contributed by atoms with van der Waals surface area (Å²) in [5.41, 5.74) is 2.22. The number of nitrogens with one attached hydrogen (secondary N) is 2. The van der Waals surface area contributed by atoms with Crippen LogP contribution >= 0.6 is 23.1 Å². The van der Waals surface area contributed by atoms with E-state index in [0.29, 0.717) is 23.0 Å². The monoisotopic (exact) mass is 533 g/mol. The molecule has 1 aromatic heterocycles. The van der Waals surface area contributed by atoms with Gasteiger partial charge < -0.3 is 5.32 Å². The van der Waals surface area contributed by atoms with Crippen LogP contribution in [0.2, 0.25) is 0 Å². The minimum Gasteiger partial charge on any atom is -0.325 e. The van der Waals surface area contributed by atoms with Crippen LogP contribution in [0.15, 0.2) is 57.8 Å². The van der Waals surface area contributed by atoms with E-state index in [2.05, 4.69) is 27.8 Å². The number of carbonyl (C=O) groups excluding carboxylic acids is 2. The van der Waals surface area contributed by atoms with Gasteiger partial charge in [0.1, 0.15) is 0 Å². The summed E-state index contributed by atoms with van der Waals surface area (Å²) in [6.07, 6.45) is 0.934. The third kappa shape index (κ3) is 7.10. The maximum absolute atomic E-state index is 12.6. The Hall–Kier alpha value is -2.80. The zero-order chi connectivity index (χ0) is 25.4. The topological polar surface area (TPSA) is 121 Å². The van der Waals surface area contributed by atoms with E-state index >= 15 is 0 Å². The highest BCUT2D eigenvalue weighted by atomic mass is 32.2. The molecular weight excluding hydrogens is 506 g/mol. The molecule has 0 aliphatic heterocycles. The number of amides is 2. The van der Waals surface area contributed by atoms with Crippen LogP contribution in [-0.2, 0) is 21.2 Å². The molecule has 0 unspecified atom stereocenters. The third-order valence-electron chi connectivity index (χ3n) is 5.06. The Morgan fingerprint density at radius 1 is 0.943 bits per heavy atom. The van der Waals surface area contributed by atoms with Crippen molar-refractivity contribution in [2.45, 2.75) is 36.4 Å². The first-order valence-corrected chi connectivity index (χ1v) is 14.3. The molecule has 0 fully saturated rings. The molecule has 0 saturated heterocycles. The fourth-order valence-electron chi connectivity index (χ4n) is 3.13. The smallest absolute Gasteiger partial charge is 0.257 e. The lowest BCUT2D eigenvalue weighted by Crippen LogP contribution is -2.30. The van der Waals surface area contributed by atoms with Gasteiger partial charge in [0.2, 0.25) is 21.1 Å². The Balaban J connectivity index is 1.53. The standard InChI is InChI=1S/C23H27N5O4S3/c1-4-16-7-11-18(12-8-16)24-20(29)15-33-23-27-26-22(34-23)25-21(30)17-9-13-19(14-10-17)35(31,32)28(5-2)6-3/h7-14H,4-6,15H2,1-3H3,(H,24,29)(H,25,26,30). The summed E-state index contributed by atoms with van der Waals surface area (Å²) in [6.45, 7) is 6.35. The fourth-order valence-corrected chi connectivity index (χ4v) is 6.13. The summed E-state index contributed by atoms with van der Waals surface area (Å²) in [7, 11) is -3.59. The predicted molar refractivity (Wildman–Crippen MR) is 140 cm³/mol. The fraction of sp³-hybridized carbons (Fsp3) is 0.304. The van der Waals surface area contributed by atoms with Crippen molar-refractivity contribution in [2.75, 3.05) is 29.5 Å². The number of hydrogen-bond donors (Lipinski definition) is 2.